The van der Waals surface area contributed by atoms with Crippen molar-refractivity contribution in [3.05, 3.63) is 114 Å². The molecule has 4 aromatic rings. The maximum atomic E-state index is 13.0. The molecule has 5 heterocycles. The molecule has 1 aliphatic carbocycles. The monoisotopic (exact) mass is 798 g/mol. The van der Waals surface area contributed by atoms with Crippen LogP contribution in [-0.4, -0.2) is 94.5 Å². The molecule has 1 atom stereocenters. The number of pyridine rings is 1. The lowest BCUT2D eigenvalue weighted by molar-refractivity contribution is -0.122. The predicted molar refractivity (Wildman–Crippen MR) is 233 cm³/mol. The van der Waals surface area contributed by atoms with Crippen LogP contribution in [0.25, 0.3) is 16.8 Å². The molecule has 3 fully saturated rings. The quantitative estimate of drug-likeness (QED) is 0.114. The highest BCUT2D eigenvalue weighted by molar-refractivity contribution is 6.33. The zero-order valence-corrected chi connectivity index (χ0v) is 33.6. The molecule has 58 heavy (non-hydrogen) atoms. The van der Waals surface area contributed by atoms with Gasteiger partial charge in [0.2, 0.25) is 17.8 Å². The van der Waals surface area contributed by atoms with E-state index in [0.29, 0.717) is 47.0 Å². The number of carbonyl (C=O) groups excluding carboxylic acids is 2. The molecule has 2 aromatic carbocycles. The van der Waals surface area contributed by atoms with E-state index in [0.717, 1.165) is 100 Å². The van der Waals surface area contributed by atoms with Crippen molar-refractivity contribution >= 4 is 57.7 Å². The summed E-state index contributed by atoms with van der Waals surface area (Å²) >= 11 is 6.58. The van der Waals surface area contributed by atoms with Crippen LogP contribution in [0.5, 0.6) is 0 Å². The van der Waals surface area contributed by atoms with E-state index >= 15 is 0 Å². The first-order valence-corrected chi connectivity index (χ1v) is 20.8. The SMILES string of the molecule is C=C1CCC(Nc2ccc(N3CCC(N4CCN(CCC(=O)Nc5cncc(Nc6ncc(Cl)c(-c7cccc(C8=CCCC=C8)c7)n6)c5)CC4)CC3)cc2)C(=O)N1. The molecule has 2 amide bonds. The maximum absolute atomic E-state index is 13.0. The van der Waals surface area contributed by atoms with Crippen LogP contribution >= 0.6 is 11.6 Å². The zero-order valence-electron chi connectivity index (χ0n) is 32.8. The van der Waals surface area contributed by atoms with Crippen LogP contribution in [0.3, 0.4) is 0 Å². The fourth-order valence-corrected chi connectivity index (χ4v) is 8.41. The van der Waals surface area contributed by atoms with E-state index < -0.39 is 0 Å². The van der Waals surface area contributed by atoms with Crippen molar-refractivity contribution in [2.24, 2.45) is 0 Å². The Kier molecular flexibility index (Phi) is 12.4. The van der Waals surface area contributed by atoms with Crippen LogP contribution in [-0.2, 0) is 9.59 Å². The smallest absolute Gasteiger partial charge is 0.246 e. The third kappa shape index (κ3) is 9.93. The predicted octanol–water partition coefficient (Wildman–Crippen LogP) is 7.49. The number of benzene rings is 2. The number of piperidine rings is 2. The second kappa shape index (κ2) is 18.4. The van der Waals surface area contributed by atoms with Crippen LogP contribution in [0.2, 0.25) is 5.02 Å². The summed E-state index contributed by atoms with van der Waals surface area (Å²) in [4.78, 5) is 46.3. The van der Waals surface area contributed by atoms with E-state index in [9.17, 15) is 9.59 Å². The number of nitrogens with one attached hydrogen (secondary N) is 4. The molecule has 3 saturated heterocycles. The number of anilines is 5. The number of piperazine rings is 1. The summed E-state index contributed by atoms with van der Waals surface area (Å²) in [5, 5.41) is 12.9. The standard InChI is InChI=1S/C45H51ClN10O2/c1-31-10-15-41(44(58)49-31)50-35-11-13-38(14-12-35)55-20-16-39(17-21-55)56-24-22-54(23-25-56)19-18-42(57)51-36-27-37(29-47-28-36)52-45-48-30-40(46)43(53-45)34-9-5-8-33(26-34)32-6-3-2-4-7-32/h3,5-9,11-14,26-30,39,41,50H,1-2,4,10,15-25H2,(H,49,58)(H,51,57)(H,48,52,53). The Morgan fingerprint density at radius 2 is 1.69 bits per heavy atom. The summed E-state index contributed by atoms with van der Waals surface area (Å²) in [5.41, 5.74) is 8.10. The molecule has 13 heteroatoms. The van der Waals surface area contributed by atoms with Gasteiger partial charge in [0.15, 0.2) is 0 Å². The van der Waals surface area contributed by atoms with E-state index in [4.69, 9.17) is 16.6 Å². The average Bonchev–Trinajstić information content (AvgIpc) is 3.26. The minimum Gasteiger partial charge on any atom is -0.374 e. The van der Waals surface area contributed by atoms with Crippen LogP contribution in [0.4, 0.5) is 28.7 Å². The molecule has 4 N–H and O–H groups in total. The first-order valence-electron chi connectivity index (χ1n) is 20.4. The number of aromatic nitrogens is 3. The van der Waals surface area contributed by atoms with Gasteiger partial charge in [-0.2, -0.15) is 0 Å². The number of hydrogen-bond acceptors (Lipinski definition) is 10. The van der Waals surface area contributed by atoms with E-state index in [1.54, 1.807) is 18.6 Å². The Morgan fingerprint density at radius 3 is 2.47 bits per heavy atom. The number of halogens is 1. The number of rotatable bonds is 12. The molecular formula is C45H51ClN10O2. The zero-order chi connectivity index (χ0) is 39.8. The van der Waals surface area contributed by atoms with Gasteiger partial charge in [-0.1, -0.05) is 54.6 Å². The highest BCUT2D eigenvalue weighted by atomic mass is 35.5. The molecule has 4 aliphatic rings. The van der Waals surface area contributed by atoms with Gasteiger partial charge in [0.05, 0.1) is 40.7 Å². The van der Waals surface area contributed by atoms with E-state index in [-0.39, 0.29) is 17.9 Å². The minimum absolute atomic E-state index is 0.0115. The van der Waals surface area contributed by atoms with Gasteiger partial charge in [-0.25, -0.2) is 9.97 Å². The number of nitrogens with zero attached hydrogens (tertiary/aromatic N) is 6. The fourth-order valence-electron chi connectivity index (χ4n) is 8.21. The topological polar surface area (TPSA) is 131 Å². The van der Waals surface area contributed by atoms with Crippen molar-refractivity contribution in [3.8, 4) is 11.3 Å². The fraction of sp³-hybridized carbons (Fsp3) is 0.356. The normalized spacial score (nSPS) is 19.4. The Hall–Kier alpha value is -5.56. The van der Waals surface area contributed by atoms with Crippen LogP contribution < -0.4 is 26.2 Å². The number of amides is 2. The van der Waals surface area contributed by atoms with Gasteiger partial charge in [0.25, 0.3) is 0 Å². The number of hydrogen-bond donors (Lipinski definition) is 4. The summed E-state index contributed by atoms with van der Waals surface area (Å²) in [7, 11) is 0. The Balaban J connectivity index is 0.761. The van der Waals surface area contributed by atoms with Gasteiger partial charge >= 0.3 is 0 Å². The summed E-state index contributed by atoms with van der Waals surface area (Å²) in [6.07, 6.45) is 17.8. The van der Waals surface area contributed by atoms with Crippen LogP contribution in [0.15, 0.2) is 104 Å². The first-order chi connectivity index (χ1) is 28.3. The lowest BCUT2D eigenvalue weighted by Crippen LogP contribution is -2.53. The maximum Gasteiger partial charge on any atom is 0.246 e. The summed E-state index contributed by atoms with van der Waals surface area (Å²) in [6.45, 7) is 10.6. The second-order valence-corrected chi connectivity index (χ2v) is 15.9. The van der Waals surface area contributed by atoms with Gasteiger partial charge in [0.1, 0.15) is 6.04 Å². The van der Waals surface area contributed by atoms with E-state index in [1.807, 2.05) is 18.2 Å². The molecule has 8 rings (SSSR count). The Labute approximate surface area is 345 Å². The molecule has 2 aromatic heterocycles. The molecule has 1 unspecified atom stereocenters. The van der Waals surface area contributed by atoms with Gasteiger partial charge in [0, 0.05) is 80.9 Å². The summed E-state index contributed by atoms with van der Waals surface area (Å²) in [5.74, 6) is 0.328. The lowest BCUT2D eigenvalue weighted by atomic mass is 9.97. The van der Waals surface area contributed by atoms with Crippen molar-refractivity contribution in [2.45, 2.75) is 57.0 Å². The number of allylic oxidation sites excluding steroid dienone is 5. The first kappa shape index (κ1) is 39.3. The molecule has 0 spiro atoms. The molecular weight excluding hydrogens is 748 g/mol. The van der Waals surface area contributed by atoms with E-state index in [1.165, 1.54) is 11.3 Å². The second-order valence-electron chi connectivity index (χ2n) is 15.5. The van der Waals surface area contributed by atoms with Crippen molar-refractivity contribution in [1.82, 2.24) is 30.1 Å². The van der Waals surface area contributed by atoms with Gasteiger partial charge in [-0.3, -0.25) is 19.5 Å². The lowest BCUT2D eigenvalue weighted by Gasteiger charge is -2.43. The summed E-state index contributed by atoms with van der Waals surface area (Å²) in [6, 6.07) is 18.9. The van der Waals surface area contributed by atoms with Crippen molar-refractivity contribution in [3.63, 3.8) is 0 Å². The van der Waals surface area contributed by atoms with Crippen molar-refractivity contribution in [2.75, 3.05) is 66.7 Å². The van der Waals surface area contributed by atoms with Gasteiger partial charge < -0.3 is 31.1 Å². The third-order valence-electron chi connectivity index (χ3n) is 11.5. The Bertz CT molecular complexity index is 2170. The van der Waals surface area contributed by atoms with Crippen molar-refractivity contribution < 1.29 is 9.59 Å². The molecule has 0 bridgehead atoms. The molecule has 0 saturated carbocycles. The van der Waals surface area contributed by atoms with E-state index in [2.05, 4.69) is 107 Å². The third-order valence-corrected chi connectivity index (χ3v) is 11.7. The molecule has 300 valence electrons. The number of carbonyl (C=O) groups is 2. The highest BCUT2D eigenvalue weighted by Crippen LogP contribution is 2.31. The van der Waals surface area contributed by atoms with Gasteiger partial charge in [-0.05, 0) is 86.1 Å². The van der Waals surface area contributed by atoms with Crippen molar-refractivity contribution in [1.29, 1.82) is 0 Å². The Morgan fingerprint density at radius 1 is 0.897 bits per heavy atom. The van der Waals surface area contributed by atoms with Gasteiger partial charge in [-0.15, -0.1) is 0 Å². The molecule has 0 radical (unpaired) electrons. The summed E-state index contributed by atoms with van der Waals surface area (Å²) < 4.78 is 0. The molecule has 12 nitrogen and oxygen atoms in total. The minimum atomic E-state index is -0.224. The molecule has 3 aliphatic heterocycles. The highest BCUT2D eigenvalue weighted by Gasteiger charge is 2.28. The van der Waals surface area contributed by atoms with Crippen LogP contribution in [0, 0.1) is 0 Å². The largest absolute Gasteiger partial charge is 0.374 e. The van der Waals surface area contributed by atoms with Crippen LogP contribution in [0.1, 0.15) is 50.5 Å². The average molecular weight is 799 g/mol.